The molecule has 0 bridgehead atoms. The van der Waals surface area contributed by atoms with E-state index in [1.54, 1.807) is 23.8 Å². The quantitative estimate of drug-likeness (QED) is 0.525. The van der Waals surface area contributed by atoms with Gasteiger partial charge in [0.15, 0.2) is 0 Å². The highest BCUT2D eigenvalue weighted by atomic mass is 32.2. The van der Waals surface area contributed by atoms with Gasteiger partial charge in [-0.15, -0.1) is 11.8 Å². The first-order chi connectivity index (χ1) is 15.1. The van der Waals surface area contributed by atoms with E-state index in [0.29, 0.717) is 12.1 Å². The zero-order valence-electron chi connectivity index (χ0n) is 17.5. The van der Waals surface area contributed by atoms with Crippen molar-refractivity contribution in [1.29, 1.82) is 0 Å². The number of nitrogens with zero attached hydrogens (tertiary/aromatic N) is 1. The summed E-state index contributed by atoms with van der Waals surface area (Å²) in [5.74, 6) is 0.549. The molecule has 1 unspecified atom stereocenters. The minimum atomic E-state index is -0.380. The Bertz CT molecular complexity index is 1100. The van der Waals surface area contributed by atoms with Gasteiger partial charge in [0, 0.05) is 22.7 Å². The van der Waals surface area contributed by atoms with E-state index in [2.05, 4.69) is 5.32 Å². The summed E-state index contributed by atoms with van der Waals surface area (Å²) in [6.45, 7) is 0.487. The summed E-state index contributed by atoms with van der Waals surface area (Å²) < 4.78 is 5.27. The number of amides is 2. The molecule has 1 aliphatic rings. The molecule has 0 saturated heterocycles. The highest BCUT2D eigenvalue weighted by molar-refractivity contribution is 7.98. The maximum absolute atomic E-state index is 13.1. The van der Waals surface area contributed by atoms with Gasteiger partial charge in [-0.3, -0.25) is 9.59 Å². The smallest absolute Gasteiger partial charge is 0.255 e. The lowest BCUT2D eigenvalue weighted by atomic mass is 10.0. The predicted octanol–water partition coefficient (Wildman–Crippen LogP) is 5.14. The van der Waals surface area contributed by atoms with Crippen molar-refractivity contribution < 1.29 is 14.3 Å². The molecule has 1 atom stereocenters. The number of methoxy groups -OCH3 is 1. The molecule has 0 aliphatic carbocycles. The SMILES string of the molecule is COc1ccc(C(CC(=O)Nc2cccc(SC)c2)N2Cc3ccccc3C2=O)cc1. The summed E-state index contributed by atoms with van der Waals surface area (Å²) in [4.78, 5) is 29.0. The van der Waals surface area contributed by atoms with Crippen molar-refractivity contribution in [3.8, 4) is 5.75 Å². The van der Waals surface area contributed by atoms with Crippen LogP contribution < -0.4 is 10.1 Å². The summed E-state index contributed by atoms with van der Waals surface area (Å²) in [7, 11) is 1.61. The maximum Gasteiger partial charge on any atom is 0.255 e. The van der Waals surface area contributed by atoms with E-state index >= 15 is 0 Å². The molecule has 2 amide bonds. The standard InChI is InChI=1S/C25H24N2O3S/c1-30-20-12-10-17(11-13-20)23(27-16-18-6-3-4-9-22(18)25(27)29)15-24(28)26-19-7-5-8-21(14-19)31-2/h3-14,23H,15-16H2,1-2H3,(H,26,28). The molecule has 4 rings (SSSR count). The first-order valence-corrected chi connectivity index (χ1v) is 11.3. The summed E-state index contributed by atoms with van der Waals surface area (Å²) in [5.41, 5.74) is 3.34. The molecule has 1 aliphatic heterocycles. The lowest BCUT2D eigenvalue weighted by molar-refractivity contribution is -0.117. The van der Waals surface area contributed by atoms with E-state index in [0.717, 1.165) is 27.5 Å². The summed E-state index contributed by atoms with van der Waals surface area (Å²) in [6.07, 6.45) is 2.16. The lowest BCUT2D eigenvalue weighted by Gasteiger charge is -2.28. The molecular formula is C25H24N2O3S. The number of hydrogen-bond acceptors (Lipinski definition) is 4. The Morgan fingerprint density at radius 1 is 1.10 bits per heavy atom. The van der Waals surface area contributed by atoms with E-state index in [1.807, 2.05) is 79.1 Å². The monoisotopic (exact) mass is 432 g/mol. The van der Waals surface area contributed by atoms with Gasteiger partial charge in [0.2, 0.25) is 5.91 Å². The highest BCUT2D eigenvalue weighted by Crippen LogP contribution is 2.34. The molecular weight excluding hydrogens is 408 g/mol. The normalized spacial score (nSPS) is 13.6. The van der Waals surface area contributed by atoms with Crippen molar-refractivity contribution in [2.45, 2.75) is 23.9 Å². The zero-order chi connectivity index (χ0) is 21.8. The summed E-state index contributed by atoms with van der Waals surface area (Å²) in [5, 5.41) is 2.98. The van der Waals surface area contributed by atoms with Crippen molar-refractivity contribution in [3.63, 3.8) is 0 Å². The molecule has 0 saturated carbocycles. The highest BCUT2D eigenvalue weighted by Gasteiger charge is 2.34. The van der Waals surface area contributed by atoms with Crippen LogP contribution in [0.5, 0.6) is 5.75 Å². The number of benzene rings is 3. The largest absolute Gasteiger partial charge is 0.497 e. The van der Waals surface area contributed by atoms with Gasteiger partial charge in [0.1, 0.15) is 5.75 Å². The summed E-state index contributed by atoms with van der Waals surface area (Å²) in [6, 6.07) is 22.5. The van der Waals surface area contributed by atoms with Gasteiger partial charge in [-0.2, -0.15) is 0 Å². The van der Waals surface area contributed by atoms with Gasteiger partial charge < -0.3 is 15.0 Å². The number of hydrogen-bond donors (Lipinski definition) is 1. The van der Waals surface area contributed by atoms with Crippen molar-refractivity contribution in [3.05, 3.63) is 89.5 Å². The Kier molecular flexibility index (Phi) is 6.28. The molecule has 158 valence electrons. The van der Waals surface area contributed by atoms with Crippen molar-refractivity contribution in [2.75, 3.05) is 18.7 Å². The molecule has 0 fully saturated rings. The number of rotatable bonds is 7. The van der Waals surface area contributed by atoms with Crippen molar-refractivity contribution >= 4 is 29.3 Å². The third-order valence-corrected chi connectivity index (χ3v) is 6.18. The number of fused-ring (bicyclic) bond motifs is 1. The fraction of sp³-hybridized carbons (Fsp3) is 0.200. The second kappa shape index (κ2) is 9.27. The second-order valence-corrected chi connectivity index (χ2v) is 8.24. The topological polar surface area (TPSA) is 58.6 Å². The van der Waals surface area contributed by atoms with Crippen LogP contribution >= 0.6 is 11.8 Å². The number of carbonyl (C=O) groups is 2. The number of anilines is 1. The zero-order valence-corrected chi connectivity index (χ0v) is 18.3. The van der Waals surface area contributed by atoms with Crippen molar-refractivity contribution in [2.24, 2.45) is 0 Å². The molecule has 5 nitrogen and oxygen atoms in total. The molecule has 0 radical (unpaired) electrons. The van der Waals surface area contributed by atoms with Crippen LogP contribution in [0.25, 0.3) is 0 Å². The van der Waals surface area contributed by atoms with E-state index in [4.69, 9.17) is 4.74 Å². The minimum Gasteiger partial charge on any atom is -0.497 e. The first-order valence-electron chi connectivity index (χ1n) is 10.1. The van der Waals surface area contributed by atoms with E-state index < -0.39 is 0 Å². The van der Waals surface area contributed by atoms with Crippen LogP contribution in [-0.2, 0) is 11.3 Å². The Morgan fingerprint density at radius 2 is 1.87 bits per heavy atom. The maximum atomic E-state index is 13.1. The molecule has 3 aromatic rings. The van der Waals surface area contributed by atoms with Gasteiger partial charge >= 0.3 is 0 Å². The van der Waals surface area contributed by atoms with Crippen LogP contribution in [0.3, 0.4) is 0 Å². The van der Waals surface area contributed by atoms with Crippen LogP contribution in [0, 0.1) is 0 Å². The predicted molar refractivity (Wildman–Crippen MR) is 124 cm³/mol. The average molecular weight is 433 g/mol. The number of nitrogens with one attached hydrogen (secondary N) is 1. The molecule has 31 heavy (non-hydrogen) atoms. The molecule has 1 N–H and O–H groups in total. The van der Waals surface area contributed by atoms with Crippen LogP contribution in [0.15, 0.2) is 77.7 Å². The first kappa shape index (κ1) is 21.0. The minimum absolute atomic E-state index is 0.0476. The van der Waals surface area contributed by atoms with Gasteiger partial charge in [0.05, 0.1) is 19.6 Å². The molecule has 3 aromatic carbocycles. The van der Waals surface area contributed by atoms with Crippen molar-refractivity contribution in [1.82, 2.24) is 4.90 Å². The Balaban J connectivity index is 1.59. The van der Waals surface area contributed by atoms with E-state index in [1.165, 1.54) is 0 Å². The number of carbonyl (C=O) groups excluding carboxylic acids is 2. The van der Waals surface area contributed by atoms with Crippen LogP contribution in [-0.4, -0.2) is 30.1 Å². The fourth-order valence-electron chi connectivity index (χ4n) is 3.85. The van der Waals surface area contributed by atoms with E-state index in [9.17, 15) is 9.59 Å². The molecule has 0 spiro atoms. The lowest BCUT2D eigenvalue weighted by Crippen LogP contribution is -2.32. The summed E-state index contributed by atoms with van der Waals surface area (Å²) >= 11 is 1.62. The number of thioether (sulfide) groups is 1. The Hall–Kier alpha value is -3.25. The van der Waals surface area contributed by atoms with Crippen LogP contribution in [0.1, 0.15) is 33.9 Å². The van der Waals surface area contributed by atoms with Crippen LogP contribution in [0.4, 0.5) is 5.69 Å². The third-order valence-electron chi connectivity index (χ3n) is 5.46. The van der Waals surface area contributed by atoms with Crippen LogP contribution in [0.2, 0.25) is 0 Å². The molecule has 0 aromatic heterocycles. The average Bonchev–Trinajstić information content (AvgIpc) is 3.14. The fourth-order valence-corrected chi connectivity index (χ4v) is 4.31. The van der Waals surface area contributed by atoms with Gasteiger partial charge in [0.25, 0.3) is 5.91 Å². The Morgan fingerprint density at radius 3 is 2.58 bits per heavy atom. The molecule has 6 heteroatoms. The third kappa shape index (κ3) is 4.59. The van der Waals surface area contributed by atoms with Gasteiger partial charge in [-0.05, 0) is 53.8 Å². The second-order valence-electron chi connectivity index (χ2n) is 7.36. The van der Waals surface area contributed by atoms with Gasteiger partial charge in [-0.1, -0.05) is 36.4 Å². The van der Waals surface area contributed by atoms with Gasteiger partial charge in [-0.25, -0.2) is 0 Å². The molecule has 1 heterocycles. The Labute approximate surface area is 186 Å². The van der Waals surface area contributed by atoms with E-state index in [-0.39, 0.29) is 24.3 Å². The number of ether oxygens (including phenoxy) is 1.